The van der Waals surface area contributed by atoms with Crippen molar-refractivity contribution in [3.63, 3.8) is 0 Å². The molecule has 68 valence electrons. The topological polar surface area (TPSA) is 38.7 Å². The van der Waals surface area contributed by atoms with Gasteiger partial charge >= 0.3 is 0 Å². The minimum absolute atomic E-state index is 0.786. The van der Waals surface area contributed by atoms with Crippen LogP contribution in [0.25, 0.3) is 0 Å². The van der Waals surface area contributed by atoms with Crippen LogP contribution in [-0.2, 0) is 12.8 Å². The molecule has 0 unspecified atom stereocenters. The second-order valence-corrected chi connectivity index (χ2v) is 3.51. The van der Waals surface area contributed by atoms with Crippen LogP contribution >= 0.6 is 0 Å². The molecule has 0 aromatic carbocycles. The van der Waals surface area contributed by atoms with Gasteiger partial charge in [-0.05, 0) is 17.7 Å². The van der Waals surface area contributed by atoms with Crippen LogP contribution in [0, 0.1) is 0 Å². The van der Waals surface area contributed by atoms with Crippen molar-refractivity contribution in [1.29, 1.82) is 0 Å². The van der Waals surface area contributed by atoms with Crippen LogP contribution in [-0.4, -0.2) is 15.0 Å². The average Bonchev–Trinajstić information content (AvgIpc) is 2.17. The summed E-state index contributed by atoms with van der Waals surface area (Å²) in [5, 5.41) is 0. The largest absolute Gasteiger partial charge is 0.261 e. The van der Waals surface area contributed by atoms with Crippen molar-refractivity contribution in [2.24, 2.45) is 0 Å². The first-order chi connectivity index (χ1) is 6.90. The molecular formula is C11H9N3. The van der Waals surface area contributed by atoms with E-state index in [0.717, 1.165) is 29.9 Å². The zero-order valence-electron chi connectivity index (χ0n) is 7.64. The molecule has 1 aliphatic heterocycles. The predicted octanol–water partition coefficient (Wildman–Crippen LogP) is 1.37. The summed E-state index contributed by atoms with van der Waals surface area (Å²) in [7, 11) is 0. The minimum Gasteiger partial charge on any atom is -0.261 e. The summed E-state index contributed by atoms with van der Waals surface area (Å²) in [4.78, 5) is 13.0. The fourth-order valence-electron chi connectivity index (χ4n) is 1.75. The lowest BCUT2D eigenvalue weighted by atomic mass is 10.1. The Kier molecular flexibility index (Phi) is 1.56. The van der Waals surface area contributed by atoms with Gasteiger partial charge < -0.3 is 0 Å². The summed E-state index contributed by atoms with van der Waals surface area (Å²) in [5.74, 6) is 0. The summed E-state index contributed by atoms with van der Waals surface area (Å²) in [6, 6.07) is 4.17. The number of pyridine rings is 1. The molecule has 2 aromatic rings. The quantitative estimate of drug-likeness (QED) is 0.528. The van der Waals surface area contributed by atoms with Gasteiger partial charge in [-0.3, -0.25) is 15.0 Å². The van der Waals surface area contributed by atoms with Gasteiger partial charge in [-0.1, -0.05) is 0 Å². The van der Waals surface area contributed by atoms with Gasteiger partial charge in [0.15, 0.2) is 0 Å². The highest BCUT2D eigenvalue weighted by Crippen LogP contribution is 2.14. The molecule has 3 nitrogen and oxygen atoms in total. The summed E-state index contributed by atoms with van der Waals surface area (Å²) < 4.78 is 0. The average molecular weight is 183 g/mol. The van der Waals surface area contributed by atoms with Gasteiger partial charge in [-0.15, -0.1) is 0 Å². The van der Waals surface area contributed by atoms with E-state index in [1.165, 1.54) is 5.56 Å². The Hall–Kier alpha value is -1.77. The maximum atomic E-state index is 4.50. The Morgan fingerprint density at radius 2 is 1.86 bits per heavy atom. The molecule has 0 N–H and O–H groups in total. The number of nitrogens with zero attached hydrogens (tertiary/aromatic N) is 3. The summed E-state index contributed by atoms with van der Waals surface area (Å²) in [6.45, 7) is 0. The van der Waals surface area contributed by atoms with Gasteiger partial charge in [-0.25, -0.2) is 0 Å². The van der Waals surface area contributed by atoms with Gasteiger partial charge in [0.1, 0.15) is 0 Å². The fourth-order valence-corrected chi connectivity index (χ4v) is 1.75. The van der Waals surface area contributed by atoms with Gasteiger partial charge in [0.2, 0.25) is 0 Å². The number of hydrogen-bond donors (Lipinski definition) is 0. The molecule has 0 fully saturated rings. The highest BCUT2D eigenvalue weighted by molar-refractivity contribution is 5.26. The lowest BCUT2D eigenvalue weighted by Gasteiger charge is -2.09. The molecule has 14 heavy (non-hydrogen) atoms. The molecule has 0 radical (unpaired) electrons. The molecule has 1 aliphatic rings. The molecule has 4 bridgehead atoms. The first-order valence-electron chi connectivity index (χ1n) is 4.64. The van der Waals surface area contributed by atoms with Crippen LogP contribution < -0.4 is 0 Å². The Morgan fingerprint density at radius 3 is 2.79 bits per heavy atom. The molecule has 0 atom stereocenters. The zero-order chi connectivity index (χ0) is 9.38. The van der Waals surface area contributed by atoms with E-state index >= 15 is 0 Å². The molecule has 0 amide bonds. The van der Waals surface area contributed by atoms with E-state index in [4.69, 9.17) is 0 Å². The monoisotopic (exact) mass is 183 g/mol. The summed E-state index contributed by atoms with van der Waals surface area (Å²) in [6.07, 6.45) is 7.15. The van der Waals surface area contributed by atoms with E-state index < -0.39 is 0 Å². The number of aromatic nitrogens is 3. The Morgan fingerprint density at radius 1 is 1.00 bits per heavy atom. The lowest BCUT2D eigenvalue weighted by molar-refractivity contribution is 0.904. The number of fused-ring (bicyclic) bond motifs is 4. The fraction of sp³-hybridized carbons (Fsp3) is 0.182. The first kappa shape index (κ1) is 7.62. The van der Waals surface area contributed by atoms with Gasteiger partial charge in [0, 0.05) is 37.1 Å². The van der Waals surface area contributed by atoms with Crippen LogP contribution in [0.15, 0.2) is 30.7 Å². The van der Waals surface area contributed by atoms with Gasteiger partial charge in [-0.2, -0.15) is 0 Å². The van der Waals surface area contributed by atoms with Gasteiger partial charge in [0.05, 0.1) is 11.4 Å². The van der Waals surface area contributed by atoms with Crippen molar-refractivity contribution in [3.8, 4) is 0 Å². The molecule has 3 rings (SSSR count). The normalized spacial score (nSPS) is 13.1. The third-order valence-electron chi connectivity index (χ3n) is 2.36. The van der Waals surface area contributed by atoms with Crippen molar-refractivity contribution < 1.29 is 0 Å². The van der Waals surface area contributed by atoms with Crippen LogP contribution in [0.4, 0.5) is 0 Å². The van der Waals surface area contributed by atoms with E-state index in [1.807, 2.05) is 24.7 Å². The summed E-state index contributed by atoms with van der Waals surface area (Å²) >= 11 is 0. The second kappa shape index (κ2) is 2.87. The molecule has 3 heterocycles. The molecule has 0 saturated carbocycles. The summed E-state index contributed by atoms with van der Waals surface area (Å²) in [5.41, 5.74) is 4.39. The minimum atomic E-state index is 0.786. The van der Waals surface area contributed by atoms with E-state index in [9.17, 15) is 0 Å². The SMILES string of the molecule is c1cc2cc(n1)Cc1cncc(n1)C2. The number of rotatable bonds is 0. The number of hydrogen-bond acceptors (Lipinski definition) is 3. The molecular weight excluding hydrogens is 174 g/mol. The van der Waals surface area contributed by atoms with Crippen molar-refractivity contribution in [3.05, 3.63) is 53.4 Å². The van der Waals surface area contributed by atoms with Crippen molar-refractivity contribution in [2.45, 2.75) is 12.8 Å². The maximum Gasteiger partial charge on any atom is 0.0649 e. The van der Waals surface area contributed by atoms with Crippen LogP contribution in [0.3, 0.4) is 0 Å². The van der Waals surface area contributed by atoms with Crippen molar-refractivity contribution in [2.75, 3.05) is 0 Å². The van der Waals surface area contributed by atoms with Crippen LogP contribution in [0.1, 0.15) is 22.6 Å². The predicted molar refractivity (Wildman–Crippen MR) is 51.9 cm³/mol. The molecule has 2 aromatic heterocycles. The smallest absolute Gasteiger partial charge is 0.0649 e. The molecule has 3 heteroatoms. The van der Waals surface area contributed by atoms with Crippen molar-refractivity contribution in [1.82, 2.24) is 15.0 Å². The second-order valence-electron chi connectivity index (χ2n) is 3.51. The molecule has 0 saturated heterocycles. The van der Waals surface area contributed by atoms with Crippen molar-refractivity contribution >= 4 is 0 Å². The standard InChI is InChI=1S/C11H9N3/c1-2-13-9-3-8(1)4-10-6-12-7-11(5-9)14-10/h1-3,6-7H,4-5H2. The maximum absolute atomic E-state index is 4.50. The molecule has 0 aliphatic carbocycles. The Bertz CT molecular complexity index is 399. The van der Waals surface area contributed by atoms with E-state index in [0.29, 0.717) is 0 Å². The molecule has 0 spiro atoms. The Balaban J connectivity index is 2.17. The van der Waals surface area contributed by atoms with Gasteiger partial charge in [0.25, 0.3) is 0 Å². The Labute approximate surface area is 81.9 Å². The van der Waals surface area contributed by atoms with Crippen LogP contribution in [0.2, 0.25) is 0 Å². The van der Waals surface area contributed by atoms with E-state index in [-0.39, 0.29) is 0 Å². The van der Waals surface area contributed by atoms with E-state index in [1.54, 1.807) is 0 Å². The third-order valence-corrected chi connectivity index (χ3v) is 2.36. The first-order valence-corrected chi connectivity index (χ1v) is 4.64. The van der Waals surface area contributed by atoms with E-state index in [2.05, 4.69) is 21.0 Å². The highest BCUT2D eigenvalue weighted by Gasteiger charge is 2.07. The van der Waals surface area contributed by atoms with Crippen LogP contribution in [0.5, 0.6) is 0 Å². The third kappa shape index (κ3) is 1.27. The lowest BCUT2D eigenvalue weighted by Crippen LogP contribution is -2.04. The zero-order valence-corrected chi connectivity index (χ0v) is 7.64. The highest BCUT2D eigenvalue weighted by atomic mass is 14.8.